The van der Waals surface area contributed by atoms with Crippen LogP contribution >= 0.6 is 0 Å². The Balaban J connectivity index is 2.36. The lowest BCUT2D eigenvalue weighted by Crippen LogP contribution is -2.60. The Bertz CT molecular complexity index is 696. The van der Waals surface area contributed by atoms with Gasteiger partial charge in [0.1, 0.15) is 24.4 Å². The van der Waals surface area contributed by atoms with Crippen LogP contribution < -0.4 is 5.32 Å². The molecule has 1 aliphatic heterocycles. The van der Waals surface area contributed by atoms with Crippen molar-refractivity contribution in [2.24, 2.45) is 0 Å². The summed E-state index contributed by atoms with van der Waals surface area (Å²) in [6.45, 7) is 3.77. The lowest BCUT2D eigenvalue weighted by Gasteiger charge is -2.40. The zero-order valence-electron chi connectivity index (χ0n) is 29.6. The van der Waals surface area contributed by atoms with Crippen molar-refractivity contribution < 1.29 is 39.8 Å². The van der Waals surface area contributed by atoms with Gasteiger partial charge in [-0.05, 0) is 12.8 Å². The Morgan fingerprint density at radius 3 is 1.54 bits per heavy atom. The molecule has 0 aromatic heterocycles. The molecule has 0 radical (unpaired) electrons. The average Bonchev–Trinajstić information content (AvgIpc) is 3.05. The number of aliphatic hydroxyl groups excluding tert-OH is 5. The first-order valence-corrected chi connectivity index (χ1v) is 19.2. The Morgan fingerprint density at radius 2 is 1.09 bits per heavy atom. The summed E-state index contributed by atoms with van der Waals surface area (Å²) in [6.07, 6.45) is 21.3. The summed E-state index contributed by atoms with van der Waals surface area (Å²) in [7, 11) is 0. The predicted octanol–water partition coefficient (Wildman–Crippen LogP) is 6.44. The third-order valence-corrected chi connectivity index (χ3v) is 9.46. The van der Waals surface area contributed by atoms with Crippen LogP contribution in [0.25, 0.3) is 0 Å². The van der Waals surface area contributed by atoms with Crippen molar-refractivity contribution in [3.8, 4) is 0 Å². The molecule has 7 unspecified atom stereocenters. The Hall–Kier alpha value is -0.810. The maximum atomic E-state index is 12.8. The number of unbranched alkanes of at least 4 members (excludes halogenated alkanes) is 21. The van der Waals surface area contributed by atoms with Crippen LogP contribution in [0, 0.1) is 0 Å². The van der Waals surface area contributed by atoms with E-state index in [-0.39, 0.29) is 12.5 Å². The molecule has 274 valence electrons. The summed E-state index contributed by atoms with van der Waals surface area (Å²) in [4.78, 5) is 12.8. The van der Waals surface area contributed by atoms with Crippen molar-refractivity contribution in [2.45, 2.75) is 217 Å². The van der Waals surface area contributed by atoms with Crippen LogP contribution in [-0.4, -0.2) is 87.5 Å². The number of carbonyl (C=O) groups is 1. The maximum Gasteiger partial charge on any atom is 0.220 e. The van der Waals surface area contributed by atoms with Crippen LogP contribution in [0.3, 0.4) is 0 Å². The fraction of sp³-hybridized carbons (Fsp3) is 0.973. The molecule has 1 fully saturated rings. The van der Waals surface area contributed by atoms with Gasteiger partial charge in [0.15, 0.2) is 6.29 Å². The Kier molecular flexibility index (Phi) is 27.4. The molecule has 1 amide bonds. The van der Waals surface area contributed by atoms with E-state index in [1.54, 1.807) is 0 Å². The largest absolute Gasteiger partial charge is 0.394 e. The first-order chi connectivity index (χ1) is 22.3. The van der Waals surface area contributed by atoms with Crippen LogP contribution in [0.4, 0.5) is 0 Å². The zero-order valence-corrected chi connectivity index (χ0v) is 29.6. The molecule has 1 heterocycles. The van der Waals surface area contributed by atoms with E-state index >= 15 is 0 Å². The second kappa shape index (κ2) is 29.1. The van der Waals surface area contributed by atoms with E-state index in [1.807, 2.05) is 0 Å². The number of nitrogens with one attached hydrogen (secondary N) is 1. The average molecular weight is 660 g/mol. The molecular formula is C37H73NO8. The van der Waals surface area contributed by atoms with Gasteiger partial charge in [-0.25, -0.2) is 0 Å². The topological polar surface area (TPSA) is 149 Å². The molecule has 6 N–H and O–H groups in total. The third kappa shape index (κ3) is 20.5. The van der Waals surface area contributed by atoms with Crippen LogP contribution in [-0.2, 0) is 14.3 Å². The van der Waals surface area contributed by atoms with Crippen molar-refractivity contribution >= 4 is 5.91 Å². The van der Waals surface area contributed by atoms with Crippen molar-refractivity contribution in [1.29, 1.82) is 0 Å². The number of aliphatic hydroxyl groups is 5. The quantitative estimate of drug-likeness (QED) is 0.0466. The number of rotatable bonds is 31. The van der Waals surface area contributed by atoms with Gasteiger partial charge in [-0.2, -0.15) is 0 Å². The van der Waals surface area contributed by atoms with Crippen LogP contribution in [0.2, 0.25) is 0 Å². The smallest absolute Gasteiger partial charge is 0.220 e. The van der Waals surface area contributed by atoms with E-state index in [2.05, 4.69) is 19.2 Å². The summed E-state index contributed by atoms with van der Waals surface area (Å²) in [6, 6.07) is -0.708. The molecule has 0 aliphatic carbocycles. The summed E-state index contributed by atoms with van der Waals surface area (Å²) < 4.78 is 11.2. The van der Waals surface area contributed by atoms with E-state index < -0.39 is 49.5 Å². The van der Waals surface area contributed by atoms with Gasteiger partial charge in [0.2, 0.25) is 5.91 Å². The van der Waals surface area contributed by atoms with Gasteiger partial charge in [0.05, 0.1) is 25.4 Å². The van der Waals surface area contributed by atoms with E-state index in [9.17, 15) is 30.3 Å². The lowest BCUT2D eigenvalue weighted by atomic mass is 9.99. The van der Waals surface area contributed by atoms with Gasteiger partial charge < -0.3 is 40.3 Å². The second-order valence-corrected chi connectivity index (χ2v) is 13.7. The summed E-state index contributed by atoms with van der Waals surface area (Å²) in [5.41, 5.74) is 0. The van der Waals surface area contributed by atoms with Gasteiger partial charge in [0.25, 0.3) is 0 Å². The van der Waals surface area contributed by atoms with Crippen LogP contribution in [0.1, 0.15) is 174 Å². The monoisotopic (exact) mass is 660 g/mol. The van der Waals surface area contributed by atoms with Crippen molar-refractivity contribution in [2.75, 3.05) is 13.2 Å². The highest BCUT2D eigenvalue weighted by atomic mass is 16.7. The van der Waals surface area contributed by atoms with Gasteiger partial charge in [-0.1, -0.05) is 155 Å². The molecule has 46 heavy (non-hydrogen) atoms. The molecule has 1 saturated heterocycles. The SMILES string of the molecule is CCCCCCCCCCCCCCCCCCC(O)C(COC1OC(CO)C(O)C(O)C1O)NC(=O)CCCCCCCCC. The summed E-state index contributed by atoms with van der Waals surface area (Å²) in [5, 5.41) is 53.9. The van der Waals surface area contributed by atoms with E-state index in [0.29, 0.717) is 12.8 Å². The molecule has 9 heteroatoms. The fourth-order valence-electron chi connectivity index (χ4n) is 6.28. The van der Waals surface area contributed by atoms with E-state index in [0.717, 1.165) is 38.5 Å². The highest BCUT2D eigenvalue weighted by Gasteiger charge is 2.44. The normalized spacial score (nSPS) is 23.0. The Labute approximate surface area is 281 Å². The Morgan fingerprint density at radius 1 is 0.652 bits per heavy atom. The van der Waals surface area contributed by atoms with E-state index in [1.165, 1.54) is 109 Å². The second-order valence-electron chi connectivity index (χ2n) is 13.7. The van der Waals surface area contributed by atoms with Gasteiger partial charge in [-0.15, -0.1) is 0 Å². The first-order valence-electron chi connectivity index (χ1n) is 19.2. The third-order valence-electron chi connectivity index (χ3n) is 9.46. The minimum absolute atomic E-state index is 0.133. The fourth-order valence-corrected chi connectivity index (χ4v) is 6.28. The zero-order chi connectivity index (χ0) is 33.8. The molecule has 7 atom stereocenters. The van der Waals surface area contributed by atoms with Crippen molar-refractivity contribution in [3.63, 3.8) is 0 Å². The molecule has 0 bridgehead atoms. The number of hydrogen-bond acceptors (Lipinski definition) is 8. The first kappa shape index (κ1) is 43.2. The maximum absolute atomic E-state index is 12.8. The molecular weight excluding hydrogens is 586 g/mol. The van der Waals surface area contributed by atoms with Crippen molar-refractivity contribution in [1.82, 2.24) is 5.32 Å². The lowest BCUT2D eigenvalue weighted by molar-refractivity contribution is -0.302. The number of amides is 1. The standard InChI is InChI=1S/C37H73NO8/c1-3-5-7-9-11-12-13-14-15-16-17-18-19-21-22-24-26-31(40)30(38-33(41)27-25-23-20-10-8-6-4-2)29-45-37-36(44)35(43)34(42)32(28-39)46-37/h30-32,34-37,39-40,42-44H,3-29H2,1-2H3,(H,38,41). The molecule has 0 aromatic carbocycles. The molecule has 1 aliphatic rings. The van der Waals surface area contributed by atoms with Gasteiger partial charge >= 0.3 is 0 Å². The molecule has 0 aromatic rings. The molecule has 0 saturated carbocycles. The van der Waals surface area contributed by atoms with Gasteiger partial charge in [-0.3, -0.25) is 4.79 Å². The van der Waals surface area contributed by atoms with Crippen LogP contribution in [0.15, 0.2) is 0 Å². The highest BCUT2D eigenvalue weighted by molar-refractivity contribution is 5.76. The predicted molar refractivity (Wildman–Crippen MR) is 184 cm³/mol. The summed E-state index contributed by atoms with van der Waals surface area (Å²) in [5.74, 6) is -0.151. The van der Waals surface area contributed by atoms with E-state index in [4.69, 9.17) is 9.47 Å². The molecule has 0 spiro atoms. The highest BCUT2D eigenvalue weighted by Crippen LogP contribution is 2.23. The van der Waals surface area contributed by atoms with Crippen LogP contribution in [0.5, 0.6) is 0 Å². The summed E-state index contributed by atoms with van der Waals surface area (Å²) >= 11 is 0. The minimum atomic E-state index is -1.55. The number of hydrogen-bond donors (Lipinski definition) is 6. The number of ether oxygens (including phenoxy) is 2. The molecule has 1 rings (SSSR count). The van der Waals surface area contributed by atoms with Crippen molar-refractivity contribution in [3.05, 3.63) is 0 Å². The molecule has 9 nitrogen and oxygen atoms in total. The minimum Gasteiger partial charge on any atom is -0.394 e. The van der Waals surface area contributed by atoms with Gasteiger partial charge in [0, 0.05) is 6.42 Å². The number of carbonyl (C=O) groups excluding carboxylic acids is 1.